The van der Waals surface area contributed by atoms with Gasteiger partial charge in [-0.25, -0.2) is 18.1 Å². The van der Waals surface area contributed by atoms with E-state index in [1.165, 1.54) is 53.1 Å². The van der Waals surface area contributed by atoms with E-state index < -0.39 is 20.5 Å². The highest BCUT2D eigenvalue weighted by Gasteiger charge is 2.19. The largest absolute Gasteiger partial charge is 0.399 e. The van der Waals surface area contributed by atoms with Crippen molar-refractivity contribution in [3.05, 3.63) is 99.1 Å². The van der Waals surface area contributed by atoms with Crippen LogP contribution < -0.4 is 16.0 Å². The second kappa shape index (κ2) is 8.21. The molecule has 0 saturated heterocycles. The summed E-state index contributed by atoms with van der Waals surface area (Å²) in [6, 6.07) is 17.7. The number of anilines is 1. The van der Waals surface area contributed by atoms with Crippen molar-refractivity contribution in [1.29, 1.82) is 0 Å². The maximum atomic E-state index is 13.2. The molecule has 0 aliphatic rings. The molecule has 1 heterocycles. The molecule has 0 amide bonds. The molecule has 0 radical (unpaired) electrons. The lowest BCUT2D eigenvalue weighted by Gasteiger charge is -2.14. The Morgan fingerprint density at radius 3 is 2.47 bits per heavy atom. The number of nitrogen functional groups attached to an aromatic ring is 1. The van der Waals surface area contributed by atoms with Gasteiger partial charge in [0.1, 0.15) is 5.82 Å². The molecule has 0 fully saturated rings. The molecule has 0 spiro atoms. The molecule has 32 heavy (non-hydrogen) atoms. The number of nitrogens with zero attached hydrogens (tertiary/aromatic N) is 3. The van der Waals surface area contributed by atoms with Crippen molar-refractivity contribution in [2.45, 2.75) is 11.4 Å². The molecule has 1 aromatic heterocycles. The number of non-ortho nitro benzene ring substituents is 1. The van der Waals surface area contributed by atoms with Crippen LogP contribution in [0.4, 0.5) is 11.4 Å². The second-order valence-electron chi connectivity index (χ2n) is 6.86. The topological polar surface area (TPSA) is 150 Å². The highest BCUT2D eigenvalue weighted by molar-refractivity contribution is 7.89. The van der Waals surface area contributed by atoms with Crippen LogP contribution in [0.2, 0.25) is 0 Å². The van der Waals surface area contributed by atoms with Crippen LogP contribution in [0.3, 0.4) is 0 Å². The summed E-state index contributed by atoms with van der Waals surface area (Å²) in [6.07, 6.45) is 0. The zero-order chi connectivity index (χ0) is 22.9. The number of hydrogen-bond donors (Lipinski definition) is 2. The number of nitro benzene ring substituents is 1. The number of fused-ring (bicyclic) bond motifs is 1. The molecule has 4 aromatic rings. The fourth-order valence-electron chi connectivity index (χ4n) is 3.20. The summed E-state index contributed by atoms with van der Waals surface area (Å²) < 4.78 is 29.0. The maximum Gasteiger partial charge on any atom is 0.271 e. The van der Waals surface area contributed by atoms with Crippen molar-refractivity contribution < 1.29 is 13.3 Å². The summed E-state index contributed by atoms with van der Waals surface area (Å²) in [7, 11) is -3.93. The summed E-state index contributed by atoms with van der Waals surface area (Å²) in [5.41, 5.74) is 5.92. The summed E-state index contributed by atoms with van der Waals surface area (Å²) in [6.45, 7) is -0.324. The molecule has 10 nitrogen and oxygen atoms in total. The van der Waals surface area contributed by atoms with Gasteiger partial charge in [-0.1, -0.05) is 18.2 Å². The monoisotopic (exact) mass is 451 g/mol. The van der Waals surface area contributed by atoms with Crippen LogP contribution in [-0.4, -0.2) is 22.9 Å². The average molecular weight is 451 g/mol. The van der Waals surface area contributed by atoms with Crippen molar-refractivity contribution in [2.24, 2.45) is 0 Å². The standard InChI is InChI=1S/C21H17N5O5S/c22-14-8-10-17(11-9-14)32(30,31)23-13-20-24-19-7-2-1-6-18(19)21(27)25(20)15-4-3-5-16(12-15)26(28)29/h1-12,23H,13,22H2. The molecule has 162 valence electrons. The first kappa shape index (κ1) is 21.2. The zero-order valence-electron chi connectivity index (χ0n) is 16.5. The van der Waals surface area contributed by atoms with Crippen LogP contribution in [0, 0.1) is 10.1 Å². The van der Waals surface area contributed by atoms with E-state index in [0.29, 0.717) is 16.6 Å². The quantitative estimate of drug-likeness (QED) is 0.259. The number of aromatic nitrogens is 2. The molecule has 0 unspecified atom stereocenters. The SMILES string of the molecule is Nc1ccc(S(=O)(=O)NCc2nc3ccccc3c(=O)n2-c2cccc([N+](=O)[O-])c2)cc1. The third-order valence-electron chi connectivity index (χ3n) is 4.75. The number of nitro groups is 1. The third-order valence-corrected chi connectivity index (χ3v) is 6.17. The van der Waals surface area contributed by atoms with E-state index in [2.05, 4.69) is 9.71 Å². The number of hydrogen-bond acceptors (Lipinski definition) is 7. The van der Waals surface area contributed by atoms with Gasteiger partial charge in [-0.05, 0) is 42.5 Å². The minimum absolute atomic E-state index is 0.00302. The number of nitrogens with one attached hydrogen (secondary N) is 1. The van der Waals surface area contributed by atoms with Gasteiger partial charge in [-0.15, -0.1) is 0 Å². The van der Waals surface area contributed by atoms with E-state index in [4.69, 9.17) is 5.73 Å². The minimum atomic E-state index is -3.93. The molecule has 3 N–H and O–H groups in total. The Labute approximate surface area is 182 Å². The van der Waals surface area contributed by atoms with Gasteiger partial charge in [0, 0.05) is 17.8 Å². The Bertz CT molecular complexity index is 1500. The van der Waals surface area contributed by atoms with Crippen LogP contribution in [-0.2, 0) is 16.6 Å². The second-order valence-corrected chi connectivity index (χ2v) is 8.62. The number of rotatable bonds is 6. The molecule has 0 saturated carbocycles. The molecule has 0 aliphatic carbocycles. The van der Waals surface area contributed by atoms with Gasteiger partial charge in [-0.2, -0.15) is 0 Å². The van der Waals surface area contributed by atoms with Gasteiger partial charge in [-0.3, -0.25) is 19.5 Å². The van der Waals surface area contributed by atoms with Crippen molar-refractivity contribution >= 4 is 32.3 Å². The zero-order valence-corrected chi connectivity index (χ0v) is 17.3. The fourth-order valence-corrected chi connectivity index (χ4v) is 4.18. The van der Waals surface area contributed by atoms with Crippen molar-refractivity contribution in [3.63, 3.8) is 0 Å². The molecular formula is C21H17N5O5S. The van der Waals surface area contributed by atoms with Gasteiger partial charge in [0.15, 0.2) is 0 Å². The predicted molar refractivity (Wildman–Crippen MR) is 119 cm³/mol. The van der Waals surface area contributed by atoms with Gasteiger partial charge in [0.2, 0.25) is 10.0 Å². The van der Waals surface area contributed by atoms with Crippen LogP contribution in [0.1, 0.15) is 5.82 Å². The first-order chi connectivity index (χ1) is 15.3. The number of para-hydroxylation sites is 1. The normalized spacial score (nSPS) is 11.5. The van der Waals surface area contributed by atoms with E-state index in [1.807, 2.05) is 0 Å². The Kier molecular flexibility index (Phi) is 5.43. The van der Waals surface area contributed by atoms with Crippen LogP contribution in [0.25, 0.3) is 16.6 Å². The van der Waals surface area contributed by atoms with Gasteiger partial charge >= 0.3 is 0 Å². The van der Waals surface area contributed by atoms with Crippen molar-refractivity contribution in [3.8, 4) is 5.69 Å². The summed E-state index contributed by atoms with van der Waals surface area (Å²) in [5, 5.41) is 11.5. The molecule has 4 rings (SSSR count). The molecule has 11 heteroatoms. The highest BCUT2D eigenvalue weighted by Crippen LogP contribution is 2.19. The molecule has 0 atom stereocenters. The Balaban J connectivity index is 1.82. The minimum Gasteiger partial charge on any atom is -0.399 e. The highest BCUT2D eigenvalue weighted by atomic mass is 32.2. The number of benzene rings is 3. The third kappa shape index (κ3) is 4.06. The van der Waals surface area contributed by atoms with E-state index in [9.17, 15) is 23.3 Å². The molecule has 3 aromatic carbocycles. The Morgan fingerprint density at radius 1 is 1.03 bits per heavy atom. The average Bonchev–Trinajstić information content (AvgIpc) is 2.78. The maximum absolute atomic E-state index is 13.2. The molecular weight excluding hydrogens is 434 g/mol. The van der Waals surface area contributed by atoms with Crippen molar-refractivity contribution in [1.82, 2.24) is 14.3 Å². The first-order valence-corrected chi connectivity index (χ1v) is 10.9. The number of nitrogens with two attached hydrogens (primary N) is 1. The predicted octanol–water partition coefficient (Wildman–Crippen LogP) is 2.35. The van der Waals surface area contributed by atoms with E-state index in [0.717, 1.165) is 0 Å². The first-order valence-electron chi connectivity index (χ1n) is 9.37. The lowest BCUT2D eigenvalue weighted by molar-refractivity contribution is -0.384. The van der Waals surface area contributed by atoms with Gasteiger partial charge in [0.25, 0.3) is 11.2 Å². The van der Waals surface area contributed by atoms with Crippen LogP contribution in [0.15, 0.2) is 82.5 Å². The van der Waals surface area contributed by atoms with Crippen molar-refractivity contribution in [2.75, 3.05) is 5.73 Å². The van der Waals surface area contributed by atoms with E-state index in [1.54, 1.807) is 24.3 Å². The lowest BCUT2D eigenvalue weighted by Crippen LogP contribution is -2.30. The number of sulfonamides is 1. The van der Waals surface area contributed by atoms with Gasteiger partial charge in [0.05, 0.1) is 33.0 Å². The smallest absolute Gasteiger partial charge is 0.271 e. The molecule has 0 bridgehead atoms. The van der Waals surface area contributed by atoms with Crippen LogP contribution in [0.5, 0.6) is 0 Å². The fraction of sp³-hybridized carbons (Fsp3) is 0.0476. The Morgan fingerprint density at radius 2 is 1.75 bits per heavy atom. The van der Waals surface area contributed by atoms with Gasteiger partial charge < -0.3 is 5.73 Å². The van der Waals surface area contributed by atoms with E-state index in [-0.39, 0.29) is 28.6 Å². The summed E-state index contributed by atoms with van der Waals surface area (Å²) in [5.74, 6) is 0.0771. The Hall–Kier alpha value is -4.09. The summed E-state index contributed by atoms with van der Waals surface area (Å²) >= 11 is 0. The van der Waals surface area contributed by atoms with E-state index >= 15 is 0 Å². The lowest BCUT2D eigenvalue weighted by atomic mass is 10.2. The van der Waals surface area contributed by atoms with Crippen LogP contribution >= 0.6 is 0 Å². The summed E-state index contributed by atoms with van der Waals surface area (Å²) in [4.78, 5) is 28.3. The molecule has 0 aliphatic heterocycles.